The van der Waals surface area contributed by atoms with Crippen LogP contribution in [0.1, 0.15) is 53.5 Å². The van der Waals surface area contributed by atoms with Gasteiger partial charge >= 0.3 is 0 Å². The first-order chi connectivity index (χ1) is 12.0. The average Bonchev–Trinajstić information content (AvgIpc) is 3.25. The average molecular weight is 338 g/mol. The summed E-state index contributed by atoms with van der Waals surface area (Å²) in [5.41, 5.74) is 17.5. The van der Waals surface area contributed by atoms with Crippen molar-refractivity contribution < 1.29 is 5.11 Å². The van der Waals surface area contributed by atoms with Crippen LogP contribution in [0.3, 0.4) is 0 Å². The zero-order chi connectivity index (χ0) is 17.6. The molecule has 2 fully saturated rings. The first kappa shape index (κ1) is 16.1. The second kappa shape index (κ2) is 6.15. The fourth-order valence-electron chi connectivity index (χ4n) is 3.98. The third-order valence-electron chi connectivity index (χ3n) is 5.44. The van der Waals surface area contributed by atoms with E-state index in [0.717, 1.165) is 25.1 Å². The summed E-state index contributed by atoms with van der Waals surface area (Å²) < 4.78 is 0. The predicted molar refractivity (Wildman–Crippen MR) is 102 cm³/mol. The Balaban J connectivity index is 1.76. The highest BCUT2D eigenvalue weighted by atomic mass is 16.3. The SMILES string of the molecule is CN1CCC(c2[nH]c(N)c(/C=C(\N)c3ccccc3O)c2C2CC2)C1. The minimum absolute atomic E-state index is 0.191. The maximum absolute atomic E-state index is 10.1. The summed E-state index contributed by atoms with van der Waals surface area (Å²) in [5, 5.41) is 10.1. The molecular formula is C20H26N4O. The van der Waals surface area contributed by atoms with Gasteiger partial charge in [-0.05, 0) is 62.5 Å². The second-order valence-electron chi connectivity index (χ2n) is 7.42. The number of aromatic nitrogens is 1. The van der Waals surface area contributed by atoms with Crippen molar-refractivity contribution in [3.8, 4) is 5.75 Å². The van der Waals surface area contributed by atoms with Gasteiger partial charge in [-0.3, -0.25) is 0 Å². The van der Waals surface area contributed by atoms with Crippen molar-refractivity contribution >= 4 is 17.6 Å². The van der Waals surface area contributed by atoms with E-state index in [1.165, 1.54) is 24.1 Å². The molecule has 1 aliphatic carbocycles. The molecule has 0 spiro atoms. The van der Waals surface area contributed by atoms with Gasteiger partial charge in [-0.15, -0.1) is 0 Å². The number of para-hydroxylation sites is 1. The van der Waals surface area contributed by atoms with Crippen molar-refractivity contribution in [2.45, 2.75) is 31.1 Å². The maximum Gasteiger partial charge on any atom is 0.124 e. The van der Waals surface area contributed by atoms with Crippen LogP contribution in [0.25, 0.3) is 11.8 Å². The molecule has 25 heavy (non-hydrogen) atoms. The number of likely N-dealkylation sites (tertiary alicyclic amines) is 1. The van der Waals surface area contributed by atoms with Crippen LogP contribution in [-0.4, -0.2) is 35.1 Å². The van der Waals surface area contributed by atoms with E-state index in [1.54, 1.807) is 12.1 Å². The number of likely N-dealkylation sites (N-methyl/N-ethyl adjacent to an activating group) is 1. The Morgan fingerprint density at radius 1 is 1.24 bits per heavy atom. The number of nitrogens with one attached hydrogen (secondary N) is 1. The molecule has 0 amide bonds. The molecule has 1 aliphatic heterocycles. The van der Waals surface area contributed by atoms with Gasteiger partial charge in [0.2, 0.25) is 0 Å². The van der Waals surface area contributed by atoms with Crippen LogP contribution in [-0.2, 0) is 0 Å². The molecule has 2 aliphatic rings. The Morgan fingerprint density at radius 2 is 2.00 bits per heavy atom. The topological polar surface area (TPSA) is 91.3 Å². The summed E-state index contributed by atoms with van der Waals surface area (Å²) in [6.07, 6.45) is 5.51. The Kier molecular flexibility index (Phi) is 3.96. The molecule has 1 saturated carbocycles. The van der Waals surface area contributed by atoms with Crippen LogP contribution < -0.4 is 11.5 Å². The molecule has 5 heteroatoms. The number of aromatic amines is 1. The number of nitrogen functional groups attached to an aromatic ring is 1. The quantitative estimate of drug-likeness (QED) is 0.689. The minimum Gasteiger partial charge on any atom is -0.507 e. The molecule has 1 aromatic carbocycles. The molecule has 1 aromatic heterocycles. The van der Waals surface area contributed by atoms with Gasteiger partial charge in [0, 0.05) is 35.0 Å². The molecule has 4 rings (SSSR count). The van der Waals surface area contributed by atoms with Gasteiger partial charge in [0.25, 0.3) is 0 Å². The third kappa shape index (κ3) is 3.00. The van der Waals surface area contributed by atoms with Gasteiger partial charge in [0.15, 0.2) is 0 Å². The molecule has 0 bridgehead atoms. The molecular weight excluding hydrogens is 312 g/mol. The number of nitrogens with two attached hydrogens (primary N) is 2. The number of H-pyrrole nitrogens is 1. The molecule has 1 atom stereocenters. The highest BCUT2D eigenvalue weighted by Gasteiger charge is 2.35. The molecule has 0 radical (unpaired) electrons. The Labute approximate surface area is 148 Å². The van der Waals surface area contributed by atoms with E-state index < -0.39 is 0 Å². The van der Waals surface area contributed by atoms with Crippen LogP contribution in [0.5, 0.6) is 5.75 Å². The zero-order valence-corrected chi connectivity index (χ0v) is 14.6. The number of phenolic OH excluding ortho intramolecular Hbond substituents is 1. The summed E-state index contributed by atoms with van der Waals surface area (Å²) in [5.74, 6) is 1.97. The second-order valence-corrected chi connectivity index (χ2v) is 7.42. The lowest BCUT2D eigenvalue weighted by atomic mass is 9.95. The normalized spacial score (nSPS) is 21.8. The van der Waals surface area contributed by atoms with Gasteiger partial charge in [0.05, 0.1) is 0 Å². The summed E-state index contributed by atoms with van der Waals surface area (Å²) in [6.45, 7) is 2.19. The summed E-state index contributed by atoms with van der Waals surface area (Å²) >= 11 is 0. The number of benzene rings is 1. The highest BCUT2D eigenvalue weighted by molar-refractivity contribution is 5.86. The van der Waals surface area contributed by atoms with Gasteiger partial charge < -0.3 is 26.5 Å². The van der Waals surface area contributed by atoms with E-state index in [2.05, 4.69) is 16.9 Å². The number of phenols is 1. The highest BCUT2D eigenvalue weighted by Crippen LogP contribution is 2.48. The first-order valence-corrected chi connectivity index (χ1v) is 9.00. The van der Waals surface area contributed by atoms with E-state index in [9.17, 15) is 5.11 Å². The van der Waals surface area contributed by atoms with E-state index in [4.69, 9.17) is 11.5 Å². The fourth-order valence-corrected chi connectivity index (χ4v) is 3.98. The fraction of sp³-hybridized carbons (Fsp3) is 0.400. The molecule has 2 aromatic rings. The van der Waals surface area contributed by atoms with Gasteiger partial charge in [-0.25, -0.2) is 0 Å². The predicted octanol–water partition coefficient (Wildman–Crippen LogP) is 3.06. The zero-order valence-electron chi connectivity index (χ0n) is 14.6. The largest absolute Gasteiger partial charge is 0.507 e. The van der Waals surface area contributed by atoms with E-state index in [0.29, 0.717) is 28.9 Å². The lowest BCUT2D eigenvalue weighted by Gasteiger charge is -2.12. The van der Waals surface area contributed by atoms with Crippen LogP contribution >= 0.6 is 0 Å². The molecule has 132 valence electrons. The van der Waals surface area contributed by atoms with E-state index in [1.807, 2.05) is 18.2 Å². The van der Waals surface area contributed by atoms with Crippen LogP contribution in [0.2, 0.25) is 0 Å². The molecule has 2 heterocycles. The smallest absolute Gasteiger partial charge is 0.124 e. The lowest BCUT2D eigenvalue weighted by molar-refractivity contribution is 0.410. The van der Waals surface area contributed by atoms with Crippen molar-refractivity contribution in [3.05, 3.63) is 46.6 Å². The third-order valence-corrected chi connectivity index (χ3v) is 5.44. The number of hydrogen-bond donors (Lipinski definition) is 4. The van der Waals surface area contributed by atoms with Crippen molar-refractivity contribution in [1.82, 2.24) is 9.88 Å². The van der Waals surface area contributed by atoms with Crippen molar-refractivity contribution in [3.63, 3.8) is 0 Å². The molecule has 5 nitrogen and oxygen atoms in total. The molecule has 6 N–H and O–H groups in total. The molecule has 1 unspecified atom stereocenters. The van der Waals surface area contributed by atoms with Crippen LogP contribution in [0.15, 0.2) is 24.3 Å². The summed E-state index contributed by atoms with van der Waals surface area (Å²) in [4.78, 5) is 5.82. The minimum atomic E-state index is 0.191. The van der Waals surface area contributed by atoms with Gasteiger partial charge in [0.1, 0.15) is 11.6 Å². The number of anilines is 1. The first-order valence-electron chi connectivity index (χ1n) is 9.00. The Hall–Kier alpha value is -2.40. The van der Waals surface area contributed by atoms with Crippen LogP contribution in [0.4, 0.5) is 5.82 Å². The van der Waals surface area contributed by atoms with E-state index in [-0.39, 0.29) is 5.75 Å². The lowest BCUT2D eigenvalue weighted by Crippen LogP contribution is -2.14. The van der Waals surface area contributed by atoms with Crippen molar-refractivity contribution in [2.24, 2.45) is 5.73 Å². The molecule has 1 saturated heterocycles. The Morgan fingerprint density at radius 3 is 2.64 bits per heavy atom. The van der Waals surface area contributed by atoms with Crippen molar-refractivity contribution in [1.29, 1.82) is 0 Å². The number of rotatable bonds is 4. The standard InChI is InChI=1S/C20H26N4O/c1-24-9-8-13(11-24)19-18(12-6-7-12)15(20(22)23-19)10-16(21)14-4-2-3-5-17(14)25/h2-5,10,12-13,23,25H,6-9,11,21-22H2,1H3/b16-10-. The van der Waals surface area contributed by atoms with Gasteiger partial charge in [-0.1, -0.05) is 12.1 Å². The van der Waals surface area contributed by atoms with Gasteiger partial charge in [-0.2, -0.15) is 0 Å². The number of hydrogen-bond acceptors (Lipinski definition) is 4. The number of nitrogens with zero attached hydrogens (tertiary/aromatic N) is 1. The summed E-state index contributed by atoms with van der Waals surface area (Å²) in [7, 11) is 2.17. The monoisotopic (exact) mass is 338 g/mol. The number of aromatic hydroxyl groups is 1. The summed E-state index contributed by atoms with van der Waals surface area (Å²) in [6, 6.07) is 7.14. The Bertz CT molecular complexity index is 819. The van der Waals surface area contributed by atoms with Crippen LogP contribution in [0, 0.1) is 0 Å². The van der Waals surface area contributed by atoms with E-state index >= 15 is 0 Å². The van der Waals surface area contributed by atoms with Crippen molar-refractivity contribution in [2.75, 3.05) is 25.9 Å². The maximum atomic E-state index is 10.1.